The summed E-state index contributed by atoms with van der Waals surface area (Å²) in [5.74, 6) is -0.560. The van der Waals surface area contributed by atoms with Crippen molar-refractivity contribution in [2.45, 2.75) is 25.1 Å². The zero-order valence-corrected chi connectivity index (χ0v) is 14.6. The molecule has 1 atom stereocenters. The molecule has 23 heavy (non-hydrogen) atoms. The van der Waals surface area contributed by atoms with E-state index in [0.29, 0.717) is 18.7 Å². The van der Waals surface area contributed by atoms with E-state index in [1.165, 1.54) is 18.2 Å². The number of benzene rings is 1. The molecule has 0 spiro atoms. The molecule has 0 bridgehead atoms. The lowest BCUT2D eigenvalue weighted by atomic mass is 9.99. The van der Waals surface area contributed by atoms with Crippen LogP contribution in [0.4, 0.5) is 17.6 Å². The van der Waals surface area contributed by atoms with Crippen LogP contribution >= 0.6 is 36.4 Å². The third kappa shape index (κ3) is 7.01. The van der Waals surface area contributed by atoms with E-state index in [-0.39, 0.29) is 36.3 Å². The van der Waals surface area contributed by atoms with E-state index >= 15 is 0 Å². The molecule has 1 N–H and O–H groups in total. The molecule has 1 saturated heterocycles. The van der Waals surface area contributed by atoms with Gasteiger partial charge >= 0.3 is 6.18 Å². The van der Waals surface area contributed by atoms with Crippen LogP contribution in [0.25, 0.3) is 0 Å². The van der Waals surface area contributed by atoms with Crippen molar-refractivity contribution >= 4 is 36.4 Å². The Hall–Kier alpha value is -0.270. The topological polar surface area (TPSA) is 15.3 Å². The molecular weight excluding hydrogens is 379 g/mol. The molecule has 1 aromatic carbocycles. The van der Waals surface area contributed by atoms with Crippen LogP contribution in [0.1, 0.15) is 24.4 Å². The number of halogens is 7. The normalized spacial score (nSPS) is 17.1. The van der Waals surface area contributed by atoms with E-state index in [2.05, 4.69) is 5.32 Å². The maximum Gasteiger partial charge on any atom is 0.389 e. The monoisotopic (exact) mass is 396 g/mol. The molecule has 0 unspecified atom stereocenters. The number of rotatable bonds is 4. The minimum atomic E-state index is -4.20. The van der Waals surface area contributed by atoms with Crippen LogP contribution in [0.3, 0.4) is 0 Å². The summed E-state index contributed by atoms with van der Waals surface area (Å²) in [4.78, 5) is 1.99. The van der Waals surface area contributed by atoms with Crippen LogP contribution in [-0.4, -0.2) is 37.3 Å². The van der Waals surface area contributed by atoms with Gasteiger partial charge in [0, 0.05) is 38.6 Å². The van der Waals surface area contributed by atoms with Gasteiger partial charge in [0.25, 0.3) is 0 Å². The van der Waals surface area contributed by atoms with Gasteiger partial charge in [-0.3, -0.25) is 4.90 Å². The Balaban J connectivity index is 0.00000242. The van der Waals surface area contributed by atoms with Crippen molar-refractivity contribution in [1.82, 2.24) is 10.2 Å². The van der Waals surface area contributed by atoms with Gasteiger partial charge in [-0.15, -0.1) is 24.8 Å². The number of piperazine rings is 1. The molecule has 1 heterocycles. The summed E-state index contributed by atoms with van der Waals surface area (Å²) in [6, 6.07) is 3.76. The standard InChI is InChI=1S/C14H17ClF4N2.2ClH/c15-11-9-10(1-2-12(11)16)13(3-4-14(17,18)19)21-7-5-20-6-8-21;;/h1-2,9,13,20H,3-8H2;2*1H/t13-;;/m0../s1. The second kappa shape index (κ2) is 9.89. The summed E-state index contributed by atoms with van der Waals surface area (Å²) in [5.41, 5.74) is 0.632. The number of hydrogen-bond donors (Lipinski definition) is 1. The first-order valence-electron chi connectivity index (χ1n) is 6.83. The number of hydrogen-bond acceptors (Lipinski definition) is 2. The first-order chi connectivity index (χ1) is 9.87. The molecule has 0 aliphatic carbocycles. The smallest absolute Gasteiger partial charge is 0.314 e. The van der Waals surface area contributed by atoms with Gasteiger partial charge < -0.3 is 5.32 Å². The van der Waals surface area contributed by atoms with E-state index in [0.717, 1.165) is 13.1 Å². The highest BCUT2D eigenvalue weighted by molar-refractivity contribution is 6.30. The van der Waals surface area contributed by atoms with Crippen molar-refractivity contribution in [2.75, 3.05) is 26.2 Å². The van der Waals surface area contributed by atoms with Crippen molar-refractivity contribution in [3.8, 4) is 0 Å². The molecule has 2 nitrogen and oxygen atoms in total. The van der Waals surface area contributed by atoms with Crippen molar-refractivity contribution < 1.29 is 17.6 Å². The van der Waals surface area contributed by atoms with Gasteiger partial charge in [-0.2, -0.15) is 13.2 Å². The van der Waals surface area contributed by atoms with Crippen LogP contribution in [0.5, 0.6) is 0 Å². The fourth-order valence-corrected chi connectivity index (χ4v) is 2.76. The van der Waals surface area contributed by atoms with Crippen LogP contribution in [0.15, 0.2) is 18.2 Å². The first kappa shape index (κ1) is 22.7. The molecule has 0 radical (unpaired) electrons. The highest BCUT2D eigenvalue weighted by Gasteiger charge is 2.31. The van der Waals surface area contributed by atoms with E-state index < -0.39 is 24.5 Å². The molecule has 9 heteroatoms. The van der Waals surface area contributed by atoms with Crippen LogP contribution in [0.2, 0.25) is 5.02 Å². The van der Waals surface area contributed by atoms with Crippen LogP contribution in [0, 0.1) is 5.82 Å². The molecular formula is C14H19Cl3F4N2. The molecule has 2 rings (SSSR count). The Morgan fingerprint density at radius 3 is 2.30 bits per heavy atom. The number of nitrogens with zero attached hydrogens (tertiary/aromatic N) is 1. The fraction of sp³-hybridized carbons (Fsp3) is 0.571. The average molecular weight is 398 g/mol. The van der Waals surface area contributed by atoms with E-state index in [1.54, 1.807) is 0 Å². The molecule has 1 aliphatic rings. The largest absolute Gasteiger partial charge is 0.389 e. The van der Waals surface area contributed by atoms with Crippen molar-refractivity contribution in [2.24, 2.45) is 0 Å². The third-order valence-electron chi connectivity index (χ3n) is 3.62. The van der Waals surface area contributed by atoms with Crippen molar-refractivity contribution in [1.29, 1.82) is 0 Å². The summed E-state index contributed by atoms with van der Waals surface area (Å²) in [7, 11) is 0. The Labute approximate surface area is 150 Å². The summed E-state index contributed by atoms with van der Waals surface area (Å²) in [5, 5.41) is 3.11. The maximum atomic E-state index is 13.2. The Bertz CT molecular complexity index is 480. The predicted octanol–water partition coefficient (Wildman–Crippen LogP) is 4.61. The summed E-state index contributed by atoms with van der Waals surface area (Å²) < 4.78 is 50.8. The van der Waals surface area contributed by atoms with Gasteiger partial charge in [-0.1, -0.05) is 17.7 Å². The van der Waals surface area contributed by atoms with Gasteiger partial charge in [0.05, 0.1) is 5.02 Å². The van der Waals surface area contributed by atoms with Gasteiger partial charge in [0.15, 0.2) is 0 Å². The summed E-state index contributed by atoms with van der Waals surface area (Å²) in [6.07, 6.45) is -5.11. The minimum absolute atomic E-state index is 0. The van der Waals surface area contributed by atoms with Gasteiger partial charge in [-0.25, -0.2) is 4.39 Å². The minimum Gasteiger partial charge on any atom is -0.314 e. The lowest BCUT2D eigenvalue weighted by Crippen LogP contribution is -2.45. The third-order valence-corrected chi connectivity index (χ3v) is 3.91. The predicted molar refractivity (Wildman–Crippen MR) is 88.4 cm³/mol. The van der Waals surface area contributed by atoms with Gasteiger partial charge in [-0.05, 0) is 24.1 Å². The summed E-state index contributed by atoms with van der Waals surface area (Å²) >= 11 is 5.76. The molecule has 0 amide bonds. The number of alkyl halides is 3. The molecule has 1 aliphatic heterocycles. The van der Waals surface area contributed by atoms with E-state index in [1.807, 2.05) is 4.90 Å². The molecule has 0 aromatic heterocycles. The summed E-state index contributed by atoms with van der Waals surface area (Å²) in [6.45, 7) is 2.80. The van der Waals surface area contributed by atoms with Crippen molar-refractivity contribution in [3.63, 3.8) is 0 Å². The fourth-order valence-electron chi connectivity index (χ4n) is 2.57. The Morgan fingerprint density at radius 2 is 1.78 bits per heavy atom. The molecule has 1 fully saturated rings. The quantitative estimate of drug-likeness (QED) is 0.746. The maximum absolute atomic E-state index is 13.2. The van der Waals surface area contributed by atoms with Crippen LogP contribution < -0.4 is 5.32 Å². The molecule has 134 valence electrons. The van der Waals surface area contributed by atoms with Crippen LogP contribution in [-0.2, 0) is 0 Å². The zero-order chi connectivity index (χ0) is 15.5. The Kier molecular flexibility index (Phi) is 9.77. The van der Waals surface area contributed by atoms with Crippen molar-refractivity contribution in [3.05, 3.63) is 34.6 Å². The average Bonchev–Trinajstić information content (AvgIpc) is 2.43. The molecule has 0 saturated carbocycles. The van der Waals surface area contributed by atoms with Gasteiger partial charge in [0.1, 0.15) is 5.82 Å². The zero-order valence-electron chi connectivity index (χ0n) is 12.2. The second-order valence-electron chi connectivity index (χ2n) is 5.13. The molecule has 1 aromatic rings. The van der Waals surface area contributed by atoms with E-state index in [4.69, 9.17) is 11.6 Å². The SMILES string of the molecule is Cl.Cl.Fc1ccc([C@H](CCC(F)(F)F)N2CCNCC2)cc1Cl. The second-order valence-corrected chi connectivity index (χ2v) is 5.54. The lowest BCUT2D eigenvalue weighted by Gasteiger charge is -2.35. The first-order valence-corrected chi connectivity index (χ1v) is 7.21. The van der Waals surface area contributed by atoms with E-state index in [9.17, 15) is 17.6 Å². The van der Waals surface area contributed by atoms with Gasteiger partial charge in [0.2, 0.25) is 0 Å². The highest BCUT2D eigenvalue weighted by Crippen LogP contribution is 2.33. The highest BCUT2D eigenvalue weighted by atomic mass is 35.5. The lowest BCUT2D eigenvalue weighted by molar-refractivity contribution is -0.138. The number of nitrogens with one attached hydrogen (secondary N) is 1. The Morgan fingerprint density at radius 1 is 1.17 bits per heavy atom.